The molecule has 0 bridgehead atoms. The second kappa shape index (κ2) is 6.10. The Morgan fingerprint density at radius 2 is 2.10 bits per heavy atom. The lowest BCUT2D eigenvalue weighted by molar-refractivity contribution is -0.126. The molecule has 1 aliphatic heterocycles. The Hall–Kier alpha value is -1.49. The monoisotopic (exact) mass is 296 g/mol. The van der Waals surface area contributed by atoms with E-state index in [0.29, 0.717) is 12.1 Å². The molecule has 21 heavy (non-hydrogen) atoms. The number of benzene rings is 1. The SMILES string of the molecule is CC(C)(C)C(NC(=O)C1CCNC1)c1ccc(F)cc1F. The number of rotatable bonds is 3. The third-order valence-electron chi connectivity index (χ3n) is 3.86. The standard InChI is InChI=1S/C16H22F2N2O/c1-16(2,3)14(12-5-4-11(17)8-13(12)18)20-15(21)10-6-7-19-9-10/h4-5,8,10,14,19H,6-7,9H2,1-3H3,(H,20,21). The van der Waals surface area contributed by atoms with Crippen LogP contribution in [0.4, 0.5) is 8.78 Å². The zero-order chi connectivity index (χ0) is 15.6. The van der Waals surface area contributed by atoms with Gasteiger partial charge in [0.1, 0.15) is 11.6 Å². The van der Waals surface area contributed by atoms with Gasteiger partial charge in [0, 0.05) is 18.2 Å². The Balaban J connectivity index is 2.24. The number of amides is 1. The molecule has 1 aromatic rings. The van der Waals surface area contributed by atoms with Crippen molar-refractivity contribution < 1.29 is 13.6 Å². The van der Waals surface area contributed by atoms with Crippen molar-refractivity contribution >= 4 is 5.91 Å². The molecule has 1 amide bonds. The van der Waals surface area contributed by atoms with Crippen LogP contribution < -0.4 is 10.6 Å². The zero-order valence-corrected chi connectivity index (χ0v) is 12.7. The summed E-state index contributed by atoms with van der Waals surface area (Å²) in [6.07, 6.45) is 0.786. The third-order valence-corrected chi connectivity index (χ3v) is 3.86. The molecule has 3 nitrogen and oxygen atoms in total. The highest BCUT2D eigenvalue weighted by atomic mass is 19.1. The topological polar surface area (TPSA) is 41.1 Å². The molecule has 2 rings (SSSR count). The van der Waals surface area contributed by atoms with E-state index in [1.165, 1.54) is 12.1 Å². The summed E-state index contributed by atoms with van der Waals surface area (Å²) in [5, 5.41) is 6.07. The summed E-state index contributed by atoms with van der Waals surface area (Å²) in [6, 6.07) is 3.00. The second-order valence-electron chi connectivity index (χ2n) is 6.66. The predicted molar refractivity (Wildman–Crippen MR) is 77.7 cm³/mol. The molecule has 1 fully saturated rings. The quantitative estimate of drug-likeness (QED) is 0.900. The Morgan fingerprint density at radius 1 is 1.38 bits per heavy atom. The van der Waals surface area contributed by atoms with Crippen molar-refractivity contribution in [1.29, 1.82) is 0 Å². The summed E-state index contributed by atoms with van der Waals surface area (Å²) in [7, 11) is 0. The van der Waals surface area contributed by atoms with Gasteiger partial charge >= 0.3 is 0 Å². The number of nitrogens with one attached hydrogen (secondary N) is 2. The molecule has 1 heterocycles. The summed E-state index contributed by atoms with van der Waals surface area (Å²) in [4.78, 5) is 12.3. The molecule has 2 unspecified atom stereocenters. The van der Waals surface area contributed by atoms with Crippen molar-refractivity contribution in [3.63, 3.8) is 0 Å². The molecule has 5 heteroatoms. The first-order chi connectivity index (χ1) is 9.79. The molecule has 0 radical (unpaired) electrons. The van der Waals surface area contributed by atoms with Crippen molar-refractivity contribution in [2.45, 2.75) is 33.2 Å². The third kappa shape index (κ3) is 3.79. The van der Waals surface area contributed by atoms with Gasteiger partial charge in [-0.05, 0) is 24.4 Å². The first-order valence-corrected chi connectivity index (χ1v) is 7.25. The fraction of sp³-hybridized carbons (Fsp3) is 0.562. The molecule has 0 aliphatic carbocycles. The van der Waals surface area contributed by atoms with E-state index in [9.17, 15) is 13.6 Å². The van der Waals surface area contributed by atoms with Crippen LogP contribution >= 0.6 is 0 Å². The van der Waals surface area contributed by atoms with Gasteiger partial charge in [0.25, 0.3) is 0 Å². The van der Waals surface area contributed by atoms with Crippen LogP contribution in [0.3, 0.4) is 0 Å². The van der Waals surface area contributed by atoms with Gasteiger partial charge in [-0.25, -0.2) is 8.78 Å². The van der Waals surface area contributed by atoms with E-state index < -0.39 is 17.7 Å². The summed E-state index contributed by atoms with van der Waals surface area (Å²) >= 11 is 0. The van der Waals surface area contributed by atoms with Gasteiger partial charge in [-0.15, -0.1) is 0 Å². The minimum absolute atomic E-state index is 0.0800. The minimum Gasteiger partial charge on any atom is -0.348 e. The Kier molecular flexibility index (Phi) is 4.61. The van der Waals surface area contributed by atoms with E-state index in [1.807, 2.05) is 20.8 Å². The normalized spacial score (nSPS) is 20.3. The van der Waals surface area contributed by atoms with Gasteiger partial charge in [0.15, 0.2) is 0 Å². The van der Waals surface area contributed by atoms with Crippen molar-refractivity contribution in [2.75, 3.05) is 13.1 Å². The molecule has 2 atom stereocenters. The van der Waals surface area contributed by atoms with Gasteiger partial charge in [-0.2, -0.15) is 0 Å². The van der Waals surface area contributed by atoms with Gasteiger partial charge in [-0.3, -0.25) is 4.79 Å². The number of carbonyl (C=O) groups excluding carboxylic acids is 1. The molecule has 1 saturated heterocycles. The summed E-state index contributed by atoms with van der Waals surface area (Å²) in [6.45, 7) is 7.24. The van der Waals surface area contributed by atoms with Crippen LogP contribution in [0.25, 0.3) is 0 Å². The lowest BCUT2D eigenvalue weighted by Gasteiger charge is -2.33. The van der Waals surface area contributed by atoms with Crippen LogP contribution in [0.2, 0.25) is 0 Å². The molecule has 1 aliphatic rings. The van der Waals surface area contributed by atoms with Gasteiger partial charge < -0.3 is 10.6 Å². The zero-order valence-electron chi connectivity index (χ0n) is 12.7. The highest BCUT2D eigenvalue weighted by Gasteiger charge is 2.32. The number of carbonyl (C=O) groups is 1. The number of hydrogen-bond donors (Lipinski definition) is 2. The van der Waals surface area contributed by atoms with Crippen molar-refractivity contribution in [3.8, 4) is 0 Å². The average Bonchev–Trinajstić information content (AvgIpc) is 2.89. The lowest BCUT2D eigenvalue weighted by Crippen LogP contribution is -2.40. The van der Waals surface area contributed by atoms with E-state index in [0.717, 1.165) is 19.0 Å². The van der Waals surface area contributed by atoms with Crippen LogP contribution in [0.1, 0.15) is 38.8 Å². The maximum atomic E-state index is 14.1. The summed E-state index contributed by atoms with van der Waals surface area (Å²) < 4.78 is 27.1. The highest BCUT2D eigenvalue weighted by molar-refractivity contribution is 5.79. The fourth-order valence-corrected chi connectivity index (χ4v) is 2.63. The van der Waals surface area contributed by atoms with E-state index in [-0.39, 0.29) is 17.2 Å². The van der Waals surface area contributed by atoms with Crippen molar-refractivity contribution in [1.82, 2.24) is 10.6 Å². The molecule has 2 N–H and O–H groups in total. The van der Waals surface area contributed by atoms with Crippen LogP contribution in [0.15, 0.2) is 18.2 Å². The van der Waals surface area contributed by atoms with Gasteiger partial charge in [-0.1, -0.05) is 26.8 Å². The van der Waals surface area contributed by atoms with Crippen molar-refractivity contribution in [2.24, 2.45) is 11.3 Å². The molecule has 0 saturated carbocycles. The van der Waals surface area contributed by atoms with Crippen LogP contribution in [0.5, 0.6) is 0 Å². The molecule has 1 aromatic carbocycles. The van der Waals surface area contributed by atoms with E-state index in [1.54, 1.807) is 0 Å². The molecule has 0 aromatic heterocycles. The van der Waals surface area contributed by atoms with Crippen LogP contribution in [0, 0.1) is 23.0 Å². The molecule has 0 spiro atoms. The summed E-state index contributed by atoms with van der Waals surface area (Å²) in [5.41, 5.74) is -0.0522. The molecular formula is C16H22F2N2O. The first kappa shape index (κ1) is 15.9. The minimum atomic E-state index is -0.625. The molecule has 116 valence electrons. The van der Waals surface area contributed by atoms with E-state index >= 15 is 0 Å². The summed E-state index contributed by atoms with van der Waals surface area (Å²) in [5.74, 6) is -1.41. The van der Waals surface area contributed by atoms with Gasteiger partial charge in [0.2, 0.25) is 5.91 Å². The maximum Gasteiger partial charge on any atom is 0.224 e. The van der Waals surface area contributed by atoms with Gasteiger partial charge in [0.05, 0.1) is 12.0 Å². The number of hydrogen-bond acceptors (Lipinski definition) is 2. The first-order valence-electron chi connectivity index (χ1n) is 7.25. The molecular weight excluding hydrogens is 274 g/mol. The smallest absolute Gasteiger partial charge is 0.224 e. The Bertz CT molecular complexity index is 519. The largest absolute Gasteiger partial charge is 0.348 e. The van der Waals surface area contributed by atoms with Crippen LogP contribution in [-0.4, -0.2) is 19.0 Å². The Morgan fingerprint density at radius 3 is 2.62 bits per heavy atom. The lowest BCUT2D eigenvalue weighted by atomic mass is 9.81. The second-order valence-corrected chi connectivity index (χ2v) is 6.66. The number of halogens is 2. The Labute approximate surface area is 124 Å². The average molecular weight is 296 g/mol. The maximum absolute atomic E-state index is 14.1. The fourth-order valence-electron chi connectivity index (χ4n) is 2.63. The predicted octanol–water partition coefficient (Wildman–Crippen LogP) is 2.78. The van der Waals surface area contributed by atoms with Crippen LogP contribution in [-0.2, 0) is 4.79 Å². The van der Waals surface area contributed by atoms with E-state index in [2.05, 4.69) is 10.6 Å². The van der Waals surface area contributed by atoms with Crippen molar-refractivity contribution in [3.05, 3.63) is 35.4 Å². The highest BCUT2D eigenvalue weighted by Crippen LogP contribution is 2.34. The van der Waals surface area contributed by atoms with E-state index in [4.69, 9.17) is 0 Å².